The van der Waals surface area contributed by atoms with Gasteiger partial charge < -0.3 is 14.5 Å². The number of nitrogens with zero attached hydrogens (tertiary/aromatic N) is 4. The molecule has 3 heterocycles. The second-order valence-electron chi connectivity index (χ2n) is 8.70. The summed E-state index contributed by atoms with van der Waals surface area (Å²) in [7, 11) is 0. The van der Waals surface area contributed by atoms with Crippen molar-refractivity contribution in [2.24, 2.45) is 0 Å². The van der Waals surface area contributed by atoms with Gasteiger partial charge in [0.1, 0.15) is 11.9 Å². The van der Waals surface area contributed by atoms with E-state index in [2.05, 4.69) is 16.0 Å². The number of likely N-dealkylation sites (tertiary alicyclic amines) is 1. The molecule has 0 unspecified atom stereocenters. The summed E-state index contributed by atoms with van der Waals surface area (Å²) in [5.41, 5.74) is 2.00. The first-order valence-corrected chi connectivity index (χ1v) is 11.0. The fraction of sp³-hybridized carbons (Fsp3) is 0.565. The number of pyridine rings is 1. The number of amides is 2. The van der Waals surface area contributed by atoms with Gasteiger partial charge in [0, 0.05) is 43.3 Å². The average molecular weight is 395 g/mol. The highest BCUT2D eigenvalue weighted by atomic mass is 16.5. The van der Waals surface area contributed by atoms with Crippen molar-refractivity contribution in [1.82, 2.24) is 19.7 Å². The van der Waals surface area contributed by atoms with Gasteiger partial charge in [-0.1, -0.05) is 12.5 Å². The van der Waals surface area contributed by atoms with Crippen LogP contribution in [0.15, 0.2) is 30.3 Å². The van der Waals surface area contributed by atoms with Gasteiger partial charge >= 0.3 is 6.03 Å². The molecule has 0 N–H and O–H groups in total. The molecule has 2 aromatic rings. The zero-order chi connectivity index (χ0) is 19.8. The monoisotopic (exact) mass is 394 g/mol. The third-order valence-corrected chi connectivity index (χ3v) is 6.61. The highest BCUT2D eigenvalue weighted by Crippen LogP contribution is 2.27. The first kappa shape index (κ1) is 18.7. The van der Waals surface area contributed by atoms with Gasteiger partial charge in [-0.15, -0.1) is 0 Å². The summed E-state index contributed by atoms with van der Waals surface area (Å²) >= 11 is 0. The molecule has 0 radical (unpaired) electrons. The number of carbonyl (C=O) groups is 1. The van der Waals surface area contributed by atoms with E-state index in [1.54, 1.807) is 0 Å². The first-order valence-electron chi connectivity index (χ1n) is 11.0. The summed E-state index contributed by atoms with van der Waals surface area (Å²) in [6.45, 7) is 7.23. The van der Waals surface area contributed by atoms with E-state index in [4.69, 9.17) is 4.74 Å². The maximum absolute atomic E-state index is 12.9. The van der Waals surface area contributed by atoms with Crippen molar-refractivity contribution >= 4 is 16.9 Å². The molecular formula is C23H30N4O2. The predicted molar refractivity (Wildman–Crippen MR) is 113 cm³/mol. The molecule has 1 saturated carbocycles. The van der Waals surface area contributed by atoms with Crippen LogP contribution in [0.4, 0.5) is 4.79 Å². The van der Waals surface area contributed by atoms with Crippen molar-refractivity contribution in [3.63, 3.8) is 0 Å². The Balaban J connectivity index is 1.12. The van der Waals surface area contributed by atoms with Crippen LogP contribution in [0.3, 0.4) is 0 Å². The zero-order valence-electron chi connectivity index (χ0n) is 17.2. The molecule has 0 spiro atoms. The van der Waals surface area contributed by atoms with E-state index in [1.165, 1.54) is 19.3 Å². The summed E-state index contributed by atoms with van der Waals surface area (Å²) in [6, 6.07) is 11.1. The standard InChI is InChI=1S/C23H30N4O2/c1-17-6-7-18-14-20(8-9-22(18)24-17)29-21-15-27(16-21)23(28)26-11-3-10-25(12-13-26)19-4-2-5-19/h6-9,14,19,21H,2-5,10-13,15-16H2,1H3. The van der Waals surface area contributed by atoms with Gasteiger partial charge in [0.15, 0.2) is 0 Å². The van der Waals surface area contributed by atoms with Crippen LogP contribution >= 0.6 is 0 Å². The predicted octanol–water partition coefficient (Wildman–Crippen LogP) is 3.29. The largest absolute Gasteiger partial charge is 0.487 e. The average Bonchev–Trinajstić information content (AvgIpc) is 2.88. The molecule has 0 bridgehead atoms. The van der Waals surface area contributed by atoms with Crippen LogP contribution in [0, 0.1) is 6.92 Å². The molecule has 6 heteroatoms. The third kappa shape index (κ3) is 3.90. The second-order valence-corrected chi connectivity index (χ2v) is 8.70. The molecule has 2 saturated heterocycles. The van der Waals surface area contributed by atoms with E-state index < -0.39 is 0 Å². The Morgan fingerprint density at radius 3 is 2.66 bits per heavy atom. The Bertz CT molecular complexity index is 892. The van der Waals surface area contributed by atoms with Crippen molar-refractivity contribution in [2.45, 2.75) is 44.8 Å². The topological polar surface area (TPSA) is 48.9 Å². The first-order chi connectivity index (χ1) is 14.2. The molecule has 29 heavy (non-hydrogen) atoms. The number of urea groups is 1. The molecule has 6 nitrogen and oxygen atoms in total. The van der Waals surface area contributed by atoms with Crippen LogP contribution in [-0.4, -0.2) is 77.1 Å². The van der Waals surface area contributed by atoms with E-state index in [0.717, 1.165) is 61.0 Å². The van der Waals surface area contributed by atoms with Gasteiger partial charge in [-0.05, 0) is 50.5 Å². The van der Waals surface area contributed by atoms with E-state index in [1.807, 2.05) is 41.0 Å². The zero-order valence-corrected chi connectivity index (χ0v) is 17.2. The number of hydrogen-bond donors (Lipinski definition) is 0. The number of ether oxygens (including phenoxy) is 1. The maximum Gasteiger partial charge on any atom is 0.320 e. The normalized spacial score (nSPS) is 21.6. The van der Waals surface area contributed by atoms with Crippen LogP contribution < -0.4 is 4.74 Å². The summed E-state index contributed by atoms with van der Waals surface area (Å²) in [5.74, 6) is 0.853. The van der Waals surface area contributed by atoms with Crippen LogP contribution in [0.2, 0.25) is 0 Å². The van der Waals surface area contributed by atoms with Gasteiger partial charge in [0.25, 0.3) is 0 Å². The van der Waals surface area contributed by atoms with E-state index >= 15 is 0 Å². The lowest BCUT2D eigenvalue weighted by Gasteiger charge is -2.41. The smallest absolute Gasteiger partial charge is 0.320 e. The number of hydrogen-bond acceptors (Lipinski definition) is 4. The molecular weight excluding hydrogens is 364 g/mol. The van der Waals surface area contributed by atoms with Crippen LogP contribution in [0.1, 0.15) is 31.4 Å². The van der Waals surface area contributed by atoms with Crippen molar-refractivity contribution in [3.05, 3.63) is 36.0 Å². The number of fused-ring (bicyclic) bond motifs is 1. The maximum atomic E-state index is 12.9. The SMILES string of the molecule is Cc1ccc2cc(OC3CN(C(=O)N4CCCN(C5CCC5)CC4)C3)ccc2n1. The Kier molecular flexibility index (Phi) is 5.04. The molecule has 0 atom stereocenters. The van der Waals surface area contributed by atoms with Crippen molar-refractivity contribution < 1.29 is 9.53 Å². The molecule has 1 aromatic heterocycles. The molecule has 154 valence electrons. The van der Waals surface area contributed by atoms with Gasteiger partial charge in [-0.25, -0.2) is 4.79 Å². The van der Waals surface area contributed by atoms with E-state index in [-0.39, 0.29) is 12.1 Å². The molecule has 1 aromatic carbocycles. The number of carbonyl (C=O) groups excluding carboxylic acids is 1. The lowest BCUT2D eigenvalue weighted by Crippen LogP contribution is -2.60. The Morgan fingerprint density at radius 1 is 1.00 bits per heavy atom. The summed E-state index contributed by atoms with van der Waals surface area (Å²) in [4.78, 5) is 24.0. The van der Waals surface area contributed by atoms with Gasteiger partial charge in [0.2, 0.25) is 0 Å². The van der Waals surface area contributed by atoms with E-state index in [9.17, 15) is 4.79 Å². The van der Waals surface area contributed by atoms with Crippen molar-refractivity contribution in [2.75, 3.05) is 39.3 Å². The molecule has 3 aliphatic rings. The molecule has 1 aliphatic carbocycles. The summed E-state index contributed by atoms with van der Waals surface area (Å²) in [6.07, 6.45) is 5.20. The number of aromatic nitrogens is 1. The fourth-order valence-corrected chi connectivity index (χ4v) is 4.59. The molecule has 2 aliphatic heterocycles. The highest BCUT2D eigenvalue weighted by Gasteiger charge is 2.36. The minimum absolute atomic E-state index is 0.0771. The Hall–Kier alpha value is -2.34. The Morgan fingerprint density at radius 2 is 1.86 bits per heavy atom. The van der Waals surface area contributed by atoms with Crippen molar-refractivity contribution in [1.29, 1.82) is 0 Å². The molecule has 2 amide bonds. The lowest BCUT2D eigenvalue weighted by atomic mass is 9.91. The Labute approximate surface area is 172 Å². The summed E-state index contributed by atoms with van der Waals surface area (Å²) in [5, 5.41) is 1.08. The number of aryl methyl sites for hydroxylation is 1. The van der Waals surface area contributed by atoms with E-state index in [0.29, 0.717) is 13.1 Å². The van der Waals surface area contributed by atoms with Crippen LogP contribution in [-0.2, 0) is 0 Å². The summed E-state index contributed by atoms with van der Waals surface area (Å²) < 4.78 is 6.10. The molecule has 3 fully saturated rings. The quantitative estimate of drug-likeness (QED) is 0.802. The van der Waals surface area contributed by atoms with Gasteiger partial charge in [0.05, 0.1) is 18.6 Å². The minimum atomic E-state index is 0.0771. The minimum Gasteiger partial charge on any atom is -0.487 e. The van der Waals surface area contributed by atoms with Gasteiger partial charge in [-0.3, -0.25) is 9.88 Å². The fourth-order valence-electron chi connectivity index (χ4n) is 4.59. The van der Waals surface area contributed by atoms with Crippen LogP contribution in [0.5, 0.6) is 5.75 Å². The third-order valence-electron chi connectivity index (χ3n) is 6.61. The second kappa shape index (κ2) is 7.82. The van der Waals surface area contributed by atoms with Crippen LogP contribution in [0.25, 0.3) is 10.9 Å². The highest BCUT2D eigenvalue weighted by molar-refractivity contribution is 5.80. The van der Waals surface area contributed by atoms with Crippen molar-refractivity contribution in [3.8, 4) is 5.75 Å². The number of rotatable bonds is 3. The van der Waals surface area contributed by atoms with Gasteiger partial charge in [-0.2, -0.15) is 0 Å². The number of benzene rings is 1. The lowest BCUT2D eigenvalue weighted by molar-refractivity contribution is 0.0309. The molecule has 5 rings (SSSR count).